The number of nitrogens with one attached hydrogen (secondary N) is 1. The Morgan fingerprint density at radius 2 is 1.76 bits per heavy atom. The number of hydrogen-bond donors (Lipinski definition) is 1. The number of carbonyl (C=O) groups excluding carboxylic acids is 2. The van der Waals surface area contributed by atoms with E-state index in [0.29, 0.717) is 23.2 Å². The van der Waals surface area contributed by atoms with Crippen LogP contribution in [-0.4, -0.2) is 59.4 Å². The van der Waals surface area contributed by atoms with Gasteiger partial charge in [0.1, 0.15) is 11.6 Å². The van der Waals surface area contributed by atoms with Crippen LogP contribution in [0.1, 0.15) is 68.6 Å². The smallest absolute Gasteiger partial charge is 0.219 e. The molecule has 7 heteroatoms. The molecule has 160 valence electrons. The number of ether oxygens (including phenoxy) is 1. The Morgan fingerprint density at radius 3 is 2.34 bits per heavy atom. The molecule has 2 heterocycles. The largest absolute Gasteiger partial charge is 0.384 e. The fourth-order valence-electron chi connectivity index (χ4n) is 4.51. The highest BCUT2D eigenvalue weighted by molar-refractivity contribution is 5.98. The Kier molecular flexibility index (Phi) is 7.58. The van der Waals surface area contributed by atoms with Gasteiger partial charge < -0.3 is 15.0 Å². The number of piperidine rings is 1. The van der Waals surface area contributed by atoms with E-state index < -0.39 is 0 Å². The van der Waals surface area contributed by atoms with Crippen molar-refractivity contribution in [1.82, 2.24) is 14.9 Å². The minimum atomic E-state index is -0.0275. The lowest BCUT2D eigenvalue weighted by atomic mass is 9.81. The maximum Gasteiger partial charge on any atom is 0.219 e. The number of methoxy groups -OCH3 is 1. The molecule has 0 bridgehead atoms. The Balaban J connectivity index is 1.62. The zero-order valence-corrected chi connectivity index (χ0v) is 17.9. The van der Waals surface area contributed by atoms with Gasteiger partial charge in [0.15, 0.2) is 5.78 Å². The van der Waals surface area contributed by atoms with Crippen LogP contribution in [0, 0.1) is 11.8 Å². The quantitative estimate of drug-likeness (QED) is 0.706. The minimum absolute atomic E-state index is 0.0275. The maximum absolute atomic E-state index is 12.1. The van der Waals surface area contributed by atoms with Gasteiger partial charge in [0.05, 0.1) is 5.56 Å². The highest BCUT2D eigenvalue weighted by Gasteiger charge is 2.25. The first-order valence-electron chi connectivity index (χ1n) is 10.8. The van der Waals surface area contributed by atoms with Gasteiger partial charge in [-0.25, -0.2) is 9.97 Å². The van der Waals surface area contributed by atoms with Crippen molar-refractivity contribution in [2.75, 3.05) is 32.1 Å². The molecule has 0 spiro atoms. The summed E-state index contributed by atoms with van der Waals surface area (Å²) in [5, 5.41) is 3.47. The standard InChI is InChI=1S/C22H34N4O3/c1-15(27)20-13-23-21(12-17-4-6-18(7-5-17)14-29-3)25-22(20)24-19-8-10-26(11-9-19)16(2)28/h13,17-19H,4-12,14H2,1-3H3,(H,23,24,25). The zero-order chi connectivity index (χ0) is 20.8. The third-order valence-electron chi connectivity index (χ3n) is 6.34. The fraction of sp³-hybridized carbons (Fsp3) is 0.727. The molecule has 1 amide bonds. The van der Waals surface area contributed by atoms with E-state index in [2.05, 4.69) is 10.3 Å². The molecule has 1 aliphatic heterocycles. The van der Waals surface area contributed by atoms with E-state index in [1.165, 1.54) is 25.7 Å². The molecule has 2 fully saturated rings. The number of Topliss-reactive ketones (excluding diaryl/α,β-unsaturated/α-hetero) is 1. The van der Waals surface area contributed by atoms with E-state index in [1.54, 1.807) is 27.2 Å². The van der Waals surface area contributed by atoms with Gasteiger partial charge in [0, 0.05) is 52.4 Å². The summed E-state index contributed by atoms with van der Waals surface area (Å²) in [6.07, 6.45) is 9.01. The Hall–Kier alpha value is -2.02. The molecule has 0 unspecified atom stereocenters. The van der Waals surface area contributed by atoms with Crippen molar-refractivity contribution >= 4 is 17.5 Å². The van der Waals surface area contributed by atoms with Gasteiger partial charge in [-0.1, -0.05) is 0 Å². The summed E-state index contributed by atoms with van der Waals surface area (Å²) in [4.78, 5) is 34.7. The number of carbonyl (C=O) groups is 2. The van der Waals surface area contributed by atoms with E-state index in [1.807, 2.05) is 4.90 Å². The van der Waals surface area contributed by atoms with Crippen LogP contribution in [0.3, 0.4) is 0 Å². The van der Waals surface area contributed by atoms with Crippen LogP contribution in [-0.2, 0) is 16.0 Å². The lowest BCUT2D eigenvalue weighted by molar-refractivity contribution is -0.129. The van der Waals surface area contributed by atoms with Gasteiger partial charge in [0.2, 0.25) is 5.91 Å². The molecule has 1 aromatic heterocycles. The van der Waals surface area contributed by atoms with Gasteiger partial charge in [0.25, 0.3) is 0 Å². The first-order chi connectivity index (χ1) is 14.0. The molecular weight excluding hydrogens is 368 g/mol. The second-order valence-corrected chi connectivity index (χ2v) is 8.58. The van der Waals surface area contributed by atoms with Crippen LogP contribution in [0.25, 0.3) is 0 Å². The second kappa shape index (κ2) is 10.1. The highest BCUT2D eigenvalue weighted by atomic mass is 16.5. The summed E-state index contributed by atoms with van der Waals surface area (Å²) in [6, 6.07) is 0.218. The molecule has 7 nitrogen and oxygen atoms in total. The van der Waals surface area contributed by atoms with Crippen LogP contribution in [0.4, 0.5) is 5.82 Å². The second-order valence-electron chi connectivity index (χ2n) is 8.58. The Bertz CT molecular complexity index is 708. The zero-order valence-electron chi connectivity index (χ0n) is 17.9. The van der Waals surface area contributed by atoms with Crippen LogP contribution < -0.4 is 5.32 Å². The van der Waals surface area contributed by atoms with Crippen LogP contribution in [0.2, 0.25) is 0 Å². The van der Waals surface area contributed by atoms with E-state index in [4.69, 9.17) is 9.72 Å². The van der Waals surface area contributed by atoms with Crippen LogP contribution in [0.5, 0.6) is 0 Å². The molecule has 1 aromatic rings. The van der Waals surface area contributed by atoms with Crippen molar-refractivity contribution < 1.29 is 14.3 Å². The average Bonchev–Trinajstić information content (AvgIpc) is 2.70. The van der Waals surface area contributed by atoms with Gasteiger partial charge in [-0.3, -0.25) is 9.59 Å². The molecule has 3 rings (SSSR count). The van der Waals surface area contributed by atoms with Crippen molar-refractivity contribution in [3.05, 3.63) is 17.6 Å². The molecule has 1 saturated carbocycles. The number of anilines is 1. The number of rotatable bonds is 7. The van der Waals surface area contributed by atoms with E-state index >= 15 is 0 Å². The van der Waals surface area contributed by atoms with Crippen LogP contribution >= 0.6 is 0 Å². The lowest BCUT2D eigenvalue weighted by Gasteiger charge is -2.32. The first-order valence-corrected chi connectivity index (χ1v) is 10.8. The third-order valence-corrected chi connectivity index (χ3v) is 6.34. The average molecular weight is 403 g/mol. The molecule has 2 aliphatic rings. The number of aromatic nitrogens is 2. The first kappa shape index (κ1) is 21.7. The summed E-state index contributed by atoms with van der Waals surface area (Å²) in [5.41, 5.74) is 0.548. The van der Waals surface area contributed by atoms with Gasteiger partial charge in [-0.2, -0.15) is 0 Å². The van der Waals surface area contributed by atoms with E-state index in [0.717, 1.165) is 44.8 Å². The summed E-state index contributed by atoms with van der Waals surface area (Å²) in [6.45, 7) is 5.50. The predicted molar refractivity (Wildman–Crippen MR) is 112 cm³/mol. The molecule has 1 aliphatic carbocycles. The van der Waals surface area contributed by atoms with Gasteiger partial charge in [-0.15, -0.1) is 0 Å². The number of amides is 1. The van der Waals surface area contributed by atoms with E-state index in [9.17, 15) is 9.59 Å². The number of ketones is 1. The van der Waals surface area contributed by atoms with Crippen molar-refractivity contribution in [1.29, 1.82) is 0 Å². The van der Waals surface area contributed by atoms with E-state index in [-0.39, 0.29) is 17.7 Å². The number of nitrogens with zero attached hydrogens (tertiary/aromatic N) is 3. The molecule has 29 heavy (non-hydrogen) atoms. The Morgan fingerprint density at radius 1 is 1.10 bits per heavy atom. The van der Waals surface area contributed by atoms with Gasteiger partial charge >= 0.3 is 0 Å². The lowest BCUT2D eigenvalue weighted by Crippen LogP contribution is -2.41. The summed E-state index contributed by atoms with van der Waals surface area (Å²) in [7, 11) is 1.77. The summed E-state index contributed by atoms with van der Waals surface area (Å²) in [5.74, 6) is 2.83. The third kappa shape index (κ3) is 5.98. The topological polar surface area (TPSA) is 84.4 Å². The normalized spacial score (nSPS) is 23.1. The van der Waals surface area contributed by atoms with Crippen molar-refractivity contribution in [2.24, 2.45) is 11.8 Å². The molecule has 1 N–H and O–H groups in total. The maximum atomic E-state index is 12.1. The number of likely N-dealkylation sites (tertiary alicyclic amines) is 1. The number of hydrogen-bond acceptors (Lipinski definition) is 6. The minimum Gasteiger partial charge on any atom is -0.384 e. The molecule has 0 aromatic carbocycles. The Labute approximate surface area is 173 Å². The predicted octanol–water partition coefficient (Wildman–Crippen LogP) is 3.10. The molecule has 1 saturated heterocycles. The summed E-state index contributed by atoms with van der Waals surface area (Å²) >= 11 is 0. The monoisotopic (exact) mass is 402 g/mol. The highest BCUT2D eigenvalue weighted by Crippen LogP contribution is 2.31. The van der Waals surface area contributed by atoms with Gasteiger partial charge in [-0.05, 0) is 57.3 Å². The van der Waals surface area contributed by atoms with Crippen molar-refractivity contribution in [2.45, 2.75) is 64.8 Å². The molecule has 0 atom stereocenters. The molecule has 0 radical (unpaired) electrons. The fourth-order valence-corrected chi connectivity index (χ4v) is 4.51. The van der Waals surface area contributed by atoms with Crippen LogP contribution in [0.15, 0.2) is 6.20 Å². The van der Waals surface area contributed by atoms with Crippen molar-refractivity contribution in [3.63, 3.8) is 0 Å². The molecular formula is C22H34N4O3. The summed E-state index contributed by atoms with van der Waals surface area (Å²) < 4.78 is 5.29. The van der Waals surface area contributed by atoms with Crippen molar-refractivity contribution in [3.8, 4) is 0 Å². The SMILES string of the molecule is COCC1CCC(Cc2ncc(C(C)=O)c(NC3CCN(C(C)=O)CC3)n2)CC1.